The van der Waals surface area contributed by atoms with Crippen molar-refractivity contribution in [3.8, 4) is 66.1 Å². The fourth-order valence-corrected chi connectivity index (χ4v) is 11.9. The molecule has 0 nitrogen and oxygen atoms in total. The van der Waals surface area contributed by atoms with Gasteiger partial charge in [0.2, 0.25) is 0 Å². The van der Waals surface area contributed by atoms with E-state index in [1.807, 2.05) is 11.3 Å². The second-order valence-electron chi connectivity index (χ2n) is 17.1. The minimum absolute atomic E-state index is 1.21. The third kappa shape index (κ3) is 6.12. The lowest BCUT2D eigenvalue weighted by molar-refractivity contribution is 1.64. The normalized spacial score (nSPS) is 11.7. The van der Waals surface area contributed by atoms with Crippen LogP contribution in [0.1, 0.15) is 0 Å². The van der Waals surface area contributed by atoms with Crippen LogP contribution in [-0.4, -0.2) is 0 Å². The molecule has 13 aromatic rings. The van der Waals surface area contributed by atoms with E-state index in [9.17, 15) is 0 Å². The van der Waals surface area contributed by atoms with Crippen molar-refractivity contribution in [2.24, 2.45) is 0 Å². The first kappa shape index (κ1) is 37.5. The summed E-state index contributed by atoms with van der Waals surface area (Å²) in [7, 11) is 0. The lowest BCUT2D eigenvalue weighted by Gasteiger charge is -2.19. The zero-order chi connectivity index (χ0) is 42.8. The Morgan fingerprint density at radius 3 is 1.17 bits per heavy atom. The molecule has 302 valence electrons. The Morgan fingerprint density at radius 1 is 0.215 bits per heavy atom. The molecule has 0 aliphatic carbocycles. The zero-order valence-electron chi connectivity index (χ0n) is 35.5. The van der Waals surface area contributed by atoms with E-state index in [-0.39, 0.29) is 0 Å². The van der Waals surface area contributed by atoms with Crippen LogP contribution in [0.4, 0.5) is 0 Å². The Hall–Kier alpha value is -8.10. The summed E-state index contributed by atoms with van der Waals surface area (Å²) < 4.78 is 1.30. The Bertz CT molecular complexity index is 3970. The average molecular weight is 841 g/mol. The van der Waals surface area contributed by atoms with Crippen molar-refractivity contribution in [2.75, 3.05) is 0 Å². The molecule has 1 heterocycles. The van der Waals surface area contributed by atoms with Crippen LogP contribution in [0, 0.1) is 0 Å². The van der Waals surface area contributed by atoms with Gasteiger partial charge in [-0.3, -0.25) is 0 Å². The lowest BCUT2D eigenvalue weighted by Crippen LogP contribution is -1.92. The van der Waals surface area contributed by atoms with E-state index in [0.29, 0.717) is 0 Å². The fraction of sp³-hybridized carbons (Fsp3) is 0. The summed E-state index contributed by atoms with van der Waals surface area (Å²) in [6.07, 6.45) is 0. The van der Waals surface area contributed by atoms with E-state index in [1.165, 1.54) is 130 Å². The first-order chi connectivity index (χ1) is 32.3. The van der Waals surface area contributed by atoms with E-state index in [0.717, 1.165) is 0 Å². The Balaban J connectivity index is 1.18. The van der Waals surface area contributed by atoms with Gasteiger partial charge >= 0.3 is 0 Å². The number of fused-ring (bicyclic) bond motifs is 7. The molecule has 0 atom stereocenters. The van der Waals surface area contributed by atoms with Crippen molar-refractivity contribution in [3.05, 3.63) is 243 Å². The molecule has 13 rings (SSSR count). The zero-order valence-corrected chi connectivity index (χ0v) is 36.3. The van der Waals surface area contributed by atoms with Crippen LogP contribution in [0.5, 0.6) is 0 Å². The molecule has 0 spiro atoms. The van der Waals surface area contributed by atoms with Crippen LogP contribution >= 0.6 is 11.3 Å². The van der Waals surface area contributed by atoms with E-state index in [1.54, 1.807) is 0 Å². The topological polar surface area (TPSA) is 0 Å². The molecule has 12 aromatic carbocycles. The van der Waals surface area contributed by atoms with Crippen molar-refractivity contribution in [1.82, 2.24) is 0 Å². The Morgan fingerprint density at radius 2 is 0.615 bits per heavy atom. The highest BCUT2D eigenvalue weighted by atomic mass is 32.1. The molecule has 0 aliphatic rings. The highest BCUT2D eigenvalue weighted by molar-refractivity contribution is 7.24. The van der Waals surface area contributed by atoms with Gasteiger partial charge in [-0.2, -0.15) is 0 Å². The maximum Gasteiger partial charge on any atom is 0.0446 e. The number of hydrogen-bond acceptors (Lipinski definition) is 1. The quantitative estimate of drug-likeness (QED) is 0.146. The maximum absolute atomic E-state index is 2.51. The molecule has 0 unspecified atom stereocenters. The molecule has 0 N–H and O–H groups in total. The second kappa shape index (κ2) is 15.3. The molecular formula is C64H40S. The summed E-state index contributed by atoms with van der Waals surface area (Å²) in [6.45, 7) is 0. The number of hydrogen-bond donors (Lipinski definition) is 0. The molecule has 65 heavy (non-hydrogen) atoms. The van der Waals surface area contributed by atoms with Crippen molar-refractivity contribution < 1.29 is 0 Å². The van der Waals surface area contributed by atoms with Gasteiger partial charge in [-0.05, 0) is 122 Å². The highest BCUT2D eigenvalue weighted by Gasteiger charge is 2.26. The average Bonchev–Trinajstić information content (AvgIpc) is 3.79. The van der Waals surface area contributed by atoms with Crippen LogP contribution in [0.3, 0.4) is 0 Å². The first-order valence-electron chi connectivity index (χ1n) is 22.4. The van der Waals surface area contributed by atoms with Crippen molar-refractivity contribution in [1.29, 1.82) is 0 Å². The number of thiophene rings is 1. The van der Waals surface area contributed by atoms with Crippen LogP contribution in [0.15, 0.2) is 243 Å². The van der Waals surface area contributed by atoms with Gasteiger partial charge in [0.1, 0.15) is 0 Å². The van der Waals surface area contributed by atoms with Crippen molar-refractivity contribution in [2.45, 2.75) is 0 Å². The van der Waals surface area contributed by atoms with E-state index in [4.69, 9.17) is 0 Å². The third-order valence-corrected chi connectivity index (χ3v) is 14.7. The summed E-state index contributed by atoms with van der Waals surface area (Å²) in [6, 6.07) is 89.9. The predicted octanol–water partition coefficient (Wildman–Crippen LogP) is 18.7. The van der Waals surface area contributed by atoms with Crippen LogP contribution < -0.4 is 0 Å². The minimum Gasteiger partial charge on any atom is -0.134 e. The van der Waals surface area contributed by atoms with Gasteiger partial charge in [0.25, 0.3) is 0 Å². The monoisotopic (exact) mass is 840 g/mol. The smallest absolute Gasteiger partial charge is 0.0446 e. The number of benzene rings is 12. The minimum atomic E-state index is 1.21. The summed E-state index contributed by atoms with van der Waals surface area (Å²) in [5.41, 5.74) is 13.7. The first-order valence-corrected chi connectivity index (χ1v) is 23.2. The molecule has 0 radical (unpaired) electrons. The lowest BCUT2D eigenvalue weighted by atomic mass is 9.84. The SMILES string of the molecule is c1ccc(-c2c(-c3ccccc3)c3sc(-c4ccc5c(-c6ccc7ccccc7c6)c6ccccc6c(-c6ccc7ccccc7c6)c5c4)c(-c4ccccc4)c3c3ccccc23)cc1. The van der Waals surface area contributed by atoms with Crippen LogP contribution in [0.25, 0.3) is 130 Å². The Kier molecular flexibility index (Phi) is 8.82. The molecular weight excluding hydrogens is 801 g/mol. The van der Waals surface area contributed by atoms with Gasteiger partial charge in [-0.25, -0.2) is 0 Å². The summed E-state index contributed by atoms with van der Waals surface area (Å²) in [5, 5.41) is 13.8. The van der Waals surface area contributed by atoms with Crippen LogP contribution in [-0.2, 0) is 0 Å². The second-order valence-corrected chi connectivity index (χ2v) is 18.1. The summed E-state index contributed by atoms with van der Waals surface area (Å²) in [4.78, 5) is 1.27. The molecule has 0 fully saturated rings. The summed E-state index contributed by atoms with van der Waals surface area (Å²) in [5.74, 6) is 0. The molecule has 0 aliphatic heterocycles. The highest BCUT2D eigenvalue weighted by Crippen LogP contribution is 2.55. The summed E-state index contributed by atoms with van der Waals surface area (Å²) >= 11 is 1.93. The largest absolute Gasteiger partial charge is 0.134 e. The van der Waals surface area contributed by atoms with Crippen molar-refractivity contribution >= 4 is 75.3 Å². The Labute approximate surface area is 382 Å². The molecule has 1 heteroatoms. The standard InChI is InChI=1S/C64H40S/c1-4-20-43(21-5-1)59-53-30-16-17-31-54(53)62-61(45-24-8-3-9-25-45)63(65-64(62)60(59)44-22-6-2-7-23-44)50-36-37-55-56(40-50)58(49-35-33-42-19-11-13-27-47(42)39-49)52-29-15-14-28-51(52)57(55)48-34-32-41-18-10-12-26-46(41)38-48/h1-40H. The van der Waals surface area contributed by atoms with E-state index < -0.39 is 0 Å². The van der Waals surface area contributed by atoms with Gasteiger partial charge in [-0.15, -0.1) is 11.3 Å². The van der Waals surface area contributed by atoms with Gasteiger partial charge in [0.15, 0.2) is 0 Å². The fourth-order valence-electron chi connectivity index (χ4n) is 10.5. The maximum atomic E-state index is 2.51. The molecule has 0 saturated carbocycles. The van der Waals surface area contributed by atoms with E-state index >= 15 is 0 Å². The van der Waals surface area contributed by atoms with Crippen molar-refractivity contribution in [3.63, 3.8) is 0 Å². The molecule has 0 amide bonds. The molecule has 1 aromatic heterocycles. The third-order valence-electron chi connectivity index (χ3n) is 13.4. The number of rotatable bonds is 6. The predicted molar refractivity (Wildman–Crippen MR) is 282 cm³/mol. The van der Waals surface area contributed by atoms with Crippen LogP contribution in [0.2, 0.25) is 0 Å². The molecule has 0 saturated heterocycles. The van der Waals surface area contributed by atoms with Gasteiger partial charge in [0, 0.05) is 26.1 Å². The van der Waals surface area contributed by atoms with Gasteiger partial charge in [-0.1, -0.05) is 224 Å². The van der Waals surface area contributed by atoms with Gasteiger partial charge in [0.05, 0.1) is 0 Å². The molecule has 0 bridgehead atoms. The van der Waals surface area contributed by atoms with E-state index in [2.05, 4.69) is 243 Å². The van der Waals surface area contributed by atoms with Gasteiger partial charge < -0.3 is 0 Å².